The third-order valence-electron chi connectivity index (χ3n) is 15.5. The van der Waals surface area contributed by atoms with Crippen molar-refractivity contribution < 1.29 is 8.83 Å². The van der Waals surface area contributed by atoms with E-state index in [2.05, 4.69) is 237 Å². The first-order valence-electron chi connectivity index (χ1n) is 24.6. The maximum absolute atomic E-state index is 6.65. The van der Waals surface area contributed by atoms with E-state index in [0.29, 0.717) is 0 Å². The molecule has 0 spiro atoms. The first kappa shape index (κ1) is 38.1. The number of aromatic nitrogens is 2. The summed E-state index contributed by atoms with van der Waals surface area (Å²) in [5.41, 5.74) is 17.1. The Labute approximate surface area is 410 Å². The van der Waals surface area contributed by atoms with E-state index in [9.17, 15) is 0 Å². The lowest BCUT2D eigenvalue weighted by molar-refractivity contribution is 0.668. The Morgan fingerprint density at radius 3 is 1.06 bits per heavy atom. The second-order valence-electron chi connectivity index (χ2n) is 19.2. The van der Waals surface area contributed by atoms with Gasteiger partial charge < -0.3 is 27.4 Å². The third kappa shape index (κ3) is 4.97. The second-order valence-corrected chi connectivity index (χ2v) is 19.2. The zero-order valence-corrected chi connectivity index (χ0v) is 38.5. The molecule has 6 aromatic heterocycles. The van der Waals surface area contributed by atoms with Crippen LogP contribution in [0.2, 0.25) is 0 Å². The molecule has 17 aromatic rings. The average Bonchev–Trinajstić information content (AvgIpc) is 4.29. The first-order chi connectivity index (χ1) is 35.7. The van der Waals surface area contributed by atoms with Gasteiger partial charge >= 0.3 is 0 Å². The molecule has 0 fully saturated rings. The van der Waals surface area contributed by atoms with Crippen LogP contribution < -0.4 is 9.80 Å². The molecular weight excluding hydrogens is 881 g/mol. The molecule has 0 radical (unpaired) electrons. The molecule has 17 rings (SSSR count). The fourth-order valence-corrected chi connectivity index (χ4v) is 12.5. The van der Waals surface area contributed by atoms with Crippen LogP contribution in [0.4, 0.5) is 34.1 Å². The van der Waals surface area contributed by atoms with Gasteiger partial charge in [0.2, 0.25) is 0 Å². The Morgan fingerprint density at radius 2 is 0.611 bits per heavy atom. The predicted molar refractivity (Wildman–Crippen MR) is 300 cm³/mol. The summed E-state index contributed by atoms with van der Waals surface area (Å²) in [5, 5.41) is 14.3. The second kappa shape index (κ2) is 13.9. The van der Waals surface area contributed by atoms with E-state index in [1.165, 1.54) is 76.2 Å². The number of furan rings is 2. The maximum atomic E-state index is 6.65. The molecule has 0 saturated heterocycles. The minimum absolute atomic E-state index is 0.871. The van der Waals surface area contributed by atoms with Gasteiger partial charge in [-0.25, -0.2) is 0 Å². The van der Waals surface area contributed by atoms with Crippen molar-refractivity contribution in [3.63, 3.8) is 0 Å². The first-order valence-corrected chi connectivity index (χ1v) is 24.6. The van der Waals surface area contributed by atoms with Gasteiger partial charge in [0, 0.05) is 87.4 Å². The summed E-state index contributed by atoms with van der Waals surface area (Å²) in [5.74, 6) is 0. The monoisotopic (exact) mass is 918 g/mol. The Kier molecular flexibility index (Phi) is 7.38. The Bertz CT molecular complexity index is 4740. The van der Waals surface area contributed by atoms with Crippen LogP contribution in [0.3, 0.4) is 0 Å². The summed E-state index contributed by atoms with van der Waals surface area (Å²) in [6.07, 6.45) is 0. The molecule has 0 bridgehead atoms. The van der Waals surface area contributed by atoms with Crippen molar-refractivity contribution in [2.45, 2.75) is 0 Å². The number of hydrogen-bond acceptors (Lipinski definition) is 4. The van der Waals surface area contributed by atoms with Gasteiger partial charge in [0.1, 0.15) is 11.2 Å². The molecule has 334 valence electrons. The number of anilines is 6. The molecule has 11 aromatic carbocycles. The normalized spacial score (nSPS) is 12.4. The quantitative estimate of drug-likeness (QED) is 0.167. The summed E-state index contributed by atoms with van der Waals surface area (Å²) in [6.45, 7) is 0. The average molecular weight is 919 g/mol. The minimum atomic E-state index is 0.871. The molecule has 6 heterocycles. The summed E-state index contributed by atoms with van der Waals surface area (Å²) in [7, 11) is 0. The zero-order chi connectivity index (χ0) is 46.8. The number of para-hydroxylation sites is 8. The van der Waals surface area contributed by atoms with Gasteiger partial charge in [0.15, 0.2) is 11.2 Å². The molecule has 0 saturated carbocycles. The fourth-order valence-electron chi connectivity index (χ4n) is 12.5. The van der Waals surface area contributed by atoms with Crippen molar-refractivity contribution in [3.8, 4) is 0 Å². The highest BCUT2D eigenvalue weighted by atomic mass is 16.3. The van der Waals surface area contributed by atoms with Gasteiger partial charge in [-0.1, -0.05) is 133 Å². The number of rotatable bonds is 6. The highest BCUT2D eigenvalue weighted by Gasteiger charge is 2.26. The summed E-state index contributed by atoms with van der Waals surface area (Å²) >= 11 is 0. The molecule has 0 aliphatic carbocycles. The van der Waals surface area contributed by atoms with Crippen LogP contribution in [-0.4, -0.2) is 8.80 Å². The van der Waals surface area contributed by atoms with Crippen molar-refractivity contribution >= 4 is 154 Å². The number of nitrogens with zero attached hydrogens (tertiary/aromatic N) is 4. The highest BCUT2D eigenvalue weighted by molar-refractivity contribution is 6.29. The number of benzene rings is 11. The van der Waals surface area contributed by atoms with E-state index in [4.69, 9.17) is 8.83 Å². The van der Waals surface area contributed by atoms with Gasteiger partial charge in [0.05, 0.1) is 44.5 Å². The van der Waals surface area contributed by atoms with Crippen LogP contribution in [-0.2, 0) is 0 Å². The van der Waals surface area contributed by atoms with Crippen molar-refractivity contribution in [1.29, 1.82) is 0 Å². The van der Waals surface area contributed by atoms with E-state index < -0.39 is 0 Å². The van der Waals surface area contributed by atoms with E-state index in [1.54, 1.807) is 0 Å². The lowest BCUT2D eigenvalue weighted by Gasteiger charge is -2.25. The van der Waals surface area contributed by atoms with E-state index in [1.807, 2.05) is 12.1 Å². The van der Waals surface area contributed by atoms with Gasteiger partial charge in [0.25, 0.3) is 0 Å². The Morgan fingerprint density at radius 1 is 0.250 bits per heavy atom. The third-order valence-corrected chi connectivity index (χ3v) is 15.5. The van der Waals surface area contributed by atoms with Crippen LogP contribution >= 0.6 is 0 Å². The van der Waals surface area contributed by atoms with Gasteiger partial charge in [-0.2, -0.15) is 0 Å². The van der Waals surface area contributed by atoms with Gasteiger partial charge in [-0.15, -0.1) is 0 Å². The topological polar surface area (TPSA) is 41.6 Å². The Hall–Kier alpha value is -9.78. The van der Waals surface area contributed by atoms with Crippen molar-refractivity contribution in [2.24, 2.45) is 0 Å². The summed E-state index contributed by atoms with van der Waals surface area (Å²) in [4.78, 5) is 4.68. The van der Waals surface area contributed by atoms with Crippen LogP contribution in [0.15, 0.2) is 239 Å². The van der Waals surface area contributed by atoms with E-state index >= 15 is 0 Å². The number of hydrogen-bond donors (Lipinski definition) is 0. The molecular formula is C66H38N4O2. The minimum Gasteiger partial charge on any atom is -0.454 e. The van der Waals surface area contributed by atoms with E-state index in [0.717, 1.165) is 78.0 Å². The molecule has 72 heavy (non-hydrogen) atoms. The van der Waals surface area contributed by atoms with Crippen molar-refractivity contribution in [2.75, 3.05) is 9.80 Å². The Balaban J connectivity index is 0.862. The summed E-state index contributed by atoms with van der Waals surface area (Å²) in [6, 6.07) is 83.3. The molecule has 0 atom stereocenters. The standard InChI is InChI=1S/C66H38N4O2/c1-3-15-39(16-4-1)67(57-27-13-25-49-43-19-7-9-29-61(43)71-65(49)57)41-31-33-55-51(35-41)45-21-11-23-47-53-38-60-54(37-59(53)69(55)63(45)47)48-24-12-22-46-52-36-42(32-34-56(52)70(60)64(46)48)68(40-17-5-2-6-18-40)58-28-14-26-50-44-20-8-10-30-62(44)72-66(50)58/h1-38H. The number of fused-ring (bicyclic) bond motifs is 18. The molecule has 6 heteroatoms. The van der Waals surface area contributed by atoms with E-state index in [-0.39, 0.29) is 0 Å². The van der Waals surface area contributed by atoms with Crippen LogP contribution in [0.1, 0.15) is 0 Å². The SMILES string of the molecule is c1ccc(N(c2ccc3c(c2)c2cccc4c5cc6c(cc5n3c24)c2cccc3c4cc(N(c5ccccc5)c5cccc7c5oc5ccccc57)ccc4n6c32)c2cccc3c2oc2ccccc23)cc1. The largest absolute Gasteiger partial charge is 0.454 e. The van der Waals surface area contributed by atoms with Crippen LogP contribution in [0.25, 0.3) is 120 Å². The van der Waals surface area contributed by atoms with Gasteiger partial charge in [-0.05, 0) is 97.1 Å². The molecule has 0 amide bonds. The van der Waals surface area contributed by atoms with Crippen LogP contribution in [0, 0.1) is 0 Å². The fraction of sp³-hybridized carbons (Fsp3) is 0. The zero-order valence-electron chi connectivity index (χ0n) is 38.5. The van der Waals surface area contributed by atoms with Crippen LogP contribution in [0.5, 0.6) is 0 Å². The molecule has 0 aliphatic heterocycles. The summed E-state index contributed by atoms with van der Waals surface area (Å²) < 4.78 is 18.3. The lowest BCUT2D eigenvalue weighted by Crippen LogP contribution is -2.10. The molecule has 6 nitrogen and oxygen atoms in total. The van der Waals surface area contributed by atoms with Crippen molar-refractivity contribution in [1.82, 2.24) is 8.80 Å². The van der Waals surface area contributed by atoms with Crippen molar-refractivity contribution in [3.05, 3.63) is 231 Å². The smallest absolute Gasteiger partial charge is 0.159 e. The maximum Gasteiger partial charge on any atom is 0.159 e. The molecule has 0 aliphatic rings. The molecule has 0 N–H and O–H groups in total. The highest BCUT2D eigenvalue weighted by Crippen LogP contribution is 2.49. The lowest BCUT2D eigenvalue weighted by atomic mass is 10.0. The predicted octanol–water partition coefficient (Wildman–Crippen LogP) is 18.7. The van der Waals surface area contributed by atoms with Gasteiger partial charge in [-0.3, -0.25) is 0 Å². The molecule has 0 unspecified atom stereocenters.